The lowest BCUT2D eigenvalue weighted by Crippen LogP contribution is -2.38. The Morgan fingerprint density at radius 2 is 1.60 bits per heavy atom. The number of hydrogen-bond acceptors (Lipinski definition) is 7. The van der Waals surface area contributed by atoms with Gasteiger partial charge in [-0.3, -0.25) is 13.8 Å². The van der Waals surface area contributed by atoms with Crippen LogP contribution in [0.2, 0.25) is 0 Å². The molecular formula is C27H25BrN4O6S2. The molecule has 0 saturated carbocycles. The normalized spacial score (nSPS) is 11.5. The van der Waals surface area contributed by atoms with Gasteiger partial charge in [0.25, 0.3) is 20.0 Å². The second-order valence-corrected chi connectivity index (χ2v) is 12.9. The number of sulfonamides is 2. The number of rotatable bonds is 10. The van der Waals surface area contributed by atoms with Crippen LogP contribution in [0.3, 0.4) is 0 Å². The molecule has 0 aliphatic rings. The van der Waals surface area contributed by atoms with Crippen molar-refractivity contribution in [3.05, 3.63) is 101 Å². The van der Waals surface area contributed by atoms with E-state index < -0.39 is 32.5 Å². The number of nitrogens with one attached hydrogen (secondary N) is 2. The highest BCUT2D eigenvalue weighted by atomic mass is 79.9. The van der Waals surface area contributed by atoms with Crippen molar-refractivity contribution >= 4 is 59.1 Å². The number of methoxy groups -OCH3 is 1. The zero-order valence-corrected chi connectivity index (χ0v) is 24.6. The molecule has 1 heterocycles. The molecule has 13 heteroatoms. The van der Waals surface area contributed by atoms with E-state index in [4.69, 9.17) is 4.74 Å². The molecule has 0 saturated heterocycles. The van der Waals surface area contributed by atoms with E-state index in [1.807, 2.05) is 6.92 Å². The third-order valence-corrected chi connectivity index (χ3v) is 9.43. The Hall–Kier alpha value is -3.94. The maximum atomic E-state index is 13.7. The maximum Gasteiger partial charge on any atom is 0.264 e. The fraction of sp³-hybridized carbons (Fsp3) is 0.111. The van der Waals surface area contributed by atoms with E-state index >= 15 is 0 Å². The minimum absolute atomic E-state index is 0.0369. The summed E-state index contributed by atoms with van der Waals surface area (Å²) in [5.41, 5.74) is 1.51. The van der Waals surface area contributed by atoms with Crippen molar-refractivity contribution in [1.82, 2.24) is 4.98 Å². The molecule has 0 unspecified atom stereocenters. The number of nitrogens with zero attached hydrogens (tertiary/aromatic N) is 2. The van der Waals surface area contributed by atoms with Crippen LogP contribution in [0, 0.1) is 6.92 Å². The molecule has 1 amide bonds. The van der Waals surface area contributed by atoms with Gasteiger partial charge in [-0.15, -0.1) is 0 Å². The number of anilines is 3. The van der Waals surface area contributed by atoms with Crippen LogP contribution in [0.1, 0.15) is 5.56 Å². The van der Waals surface area contributed by atoms with Crippen molar-refractivity contribution in [2.24, 2.45) is 0 Å². The van der Waals surface area contributed by atoms with E-state index in [-0.39, 0.29) is 21.3 Å². The molecule has 0 aliphatic heterocycles. The minimum atomic E-state index is -4.16. The third kappa shape index (κ3) is 6.79. The smallest absolute Gasteiger partial charge is 0.264 e. The van der Waals surface area contributed by atoms with E-state index in [1.165, 1.54) is 61.8 Å². The van der Waals surface area contributed by atoms with Crippen LogP contribution in [-0.2, 0) is 24.8 Å². The Kier molecular flexibility index (Phi) is 8.76. The predicted octanol–water partition coefficient (Wildman–Crippen LogP) is 4.80. The number of pyridine rings is 1. The van der Waals surface area contributed by atoms with Crippen molar-refractivity contribution in [3.63, 3.8) is 0 Å². The third-order valence-electron chi connectivity index (χ3n) is 5.67. The number of ether oxygens (including phenoxy) is 1. The predicted molar refractivity (Wildman–Crippen MR) is 157 cm³/mol. The Balaban J connectivity index is 1.55. The number of aryl methyl sites for hydroxylation is 1. The quantitative estimate of drug-likeness (QED) is 0.253. The number of amides is 1. The summed E-state index contributed by atoms with van der Waals surface area (Å²) < 4.78 is 61.7. The lowest BCUT2D eigenvalue weighted by molar-refractivity contribution is -0.114. The zero-order valence-electron chi connectivity index (χ0n) is 21.4. The molecule has 0 atom stereocenters. The molecule has 0 aliphatic carbocycles. The van der Waals surface area contributed by atoms with Gasteiger partial charge in [-0.1, -0.05) is 23.8 Å². The maximum absolute atomic E-state index is 13.7. The summed E-state index contributed by atoms with van der Waals surface area (Å²) in [5, 5.41) is 2.63. The fourth-order valence-corrected chi connectivity index (χ4v) is 6.78. The molecule has 0 spiro atoms. The number of carbonyl (C=O) groups excluding carboxylic acids is 1. The first-order chi connectivity index (χ1) is 19.0. The number of benzene rings is 3. The lowest BCUT2D eigenvalue weighted by Gasteiger charge is -2.24. The first kappa shape index (κ1) is 29.1. The highest BCUT2D eigenvalue weighted by Gasteiger charge is 2.28. The van der Waals surface area contributed by atoms with Gasteiger partial charge in [-0.25, -0.2) is 21.8 Å². The molecule has 0 radical (unpaired) electrons. The van der Waals surface area contributed by atoms with Crippen LogP contribution >= 0.6 is 15.9 Å². The molecule has 1 aromatic heterocycles. The molecule has 4 rings (SSSR count). The van der Waals surface area contributed by atoms with Gasteiger partial charge in [0.2, 0.25) is 5.91 Å². The summed E-state index contributed by atoms with van der Waals surface area (Å²) in [6.07, 6.45) is 1.46. The SMILES string of the molecule is COc1ccc(S(=O)(=O)N(CC(=O)Nc2ccc(S(=O)(=O)Nc3ccccn3)cc2)c2ccc(C)cc2)cc1Br. The number of hydrogen-bond donors (Lipinski definition) is 2. The van der Waals surface area contributed by atoms with Gasteiger partial charge in [-0.2, -0.15) is 0 Å². The average molecular weight is 646 g/mol. The molecular weight excluding hydrogens is 620 g/mol. The fourth-order valence-electron chi connectivity index (χ4n) is 3.63. The van der Waals surface area contributed by atoms with Crippen molar-refractivity contribution in [2.45, 2.75) is 16.7 Å². The lowest BCUT2D eigenvalue weighted by atomic mass is 10.2. The summed E-state index contributed by atoms with van der Waals surface area (Å²) in [5.74, 6) is -0.000563. The summed E-state index contributed by atoms with van der Waals surface area (Å²) in [6, 6.07) is 21.4. The van der Waals surface area contributed by atoms with Crippen molar-refractivity contribution in [3.8, 4) is 5.75 Å². The Labute approximate surface area is 241 Å². The van der Waals surface area contributed by atoms with Crippen molar-refractivity contribution in [2.75, 3.05) is 28.0 Å². The number of halogens is 1. The minimum Gasteiger partial charge on any atom is -0.496 e. The second-order valence-electron chi connectivity index (χ2n) is 8.54. The van der Waals surface area contributed by atoms with E-state index in [9.17, 15) is 21.6 Å². The van der Waals surface area contributed by atoms with Crippen molar-refractivity contribution < 1.29 is 26.4 Å². The highest BCUT2D eigenvalue weighted by molar-refractivity contribution is 9.10. The number of carbonyl (C=O) groups is 1. The van der Waals surface area contributed by atoms with Crippen molar-refractivity contribution in [1.29, 1.82) is 0 Å². The summed E-state index contributed by atoms with van der Waals surface area (Å²) in [6.45, 7) is 1.34. The van der Waals surface area contributed by atoms with Gasteiger partial charge >= 0.3 is 0 Å². The monoisotopic (exact) mass is 644 g/mol. The van der Waals surface area contributed by atoms with Gasteiger partial charge in [-0.05, 0) is 89.6 Å². The van der Waals surface area contributed by atoms with Crippen LogP contribution in [0.15, 0.2) is 105 Å². The molecule has 40 heavy (non-hydrogen) atoms. The largest absolute Gasteiger partial charge is 0.496 e. The van der Waals surface area contributed by atoms with Crippen LogP contribution in [0.25, 0.3) is 0 Å². The molecule has 4 aromatic rings. The summed E-state index contributed by atoms with van der Waals surface area (Å²) in [7, 11) is -6.60. The van der Waals surface area contributed by atoms with E-state index in [0.717, 1.165) is 9.87 Å². The number of aromatic nitrogens is 1. The first-order valence-corrected chi connectivity index (χ1v) is 15.5. The topological polar surface area (TPSA) is 135 Å². The van der Waals surface area contributed by atoms with Crippen LogP contribution in [-0.4, -0.2) is 41.4 Å². The van der Waals surface area contributed by atoms with Crippen LogP contribution in [0.4, 0.5) is 17.2 Å². The highest BCUT2D eigenvalue weighted by Crippen LogP contribution is 2.31. The molecule has 10 nitrogen and oxygen atoms in total. The van der Waals surface area contributed by atoms with Gasteiger partial charge < -0.3 is 10.1 Å². The molecule has 208 valence electrons. The molecule has 0 bridgehead atoms. The van der Waals surface area contributed by atoms with Gasteiger partial charge in [0.05, 0.1) is 27.1 Å². The summed E-state index contributed by atoms with van der Waals surface area (Å²) >= 11 is 3.31. The van der Waals surface area contributed by atoms with Gasteiger partial charge in [0.1, 0.15) is 18.1 Å². The Morgan fingerprint density at radius 1 is 0.925 bits per heavy atom. The Morgan fingerprint density at radius 3 is 2.20 bits per heavy atom. The zero-order chi connectivity index (χ0) is 28.9. The summed E-state index contributed by atoms with van der Waals surface area (Å²) in [4.78, 5) is 16.9. The van der Waals surface area contributed by atoms with Crippen LogP contribution < -0.4 is 19.1 Å². The molecule has 2 N–H and O–H groups in total. The van der Waals surface area contributed by atoms with Gasteiger partial charge in [0.15, 0.2) is 0 Å². The molecule has 0 fully saturated rings. The van der Waals surface area contributed by atoms with E-state index in [1.54, 1.807) is 36.4 Å². The van der Waals surface area contributed by atoms with Gasteiger partial charge in [0, 0.05) is 11.9 Å². The second kappa shape index (κ2) is 12.1. The molecule has 3 aromatic carbocycles. The van der Waals surface area contributed by atoms with E-state index in [2.05, 4.69) is 31.0 Å². The average Bonchev–Trinajstić information content (AvgIpc) is 2.93. The first-order valence-electron chi connectivity index (χ1n) is 11.8. The van der Waals surface area contributed by atoms with Crippen LogP contribution in [0.5, 0.6) is 5.75 Å². The standard InChI is InChI=1S/C27H25BrN4O6S2/c1-19-6-10-21(11-7-19)32(40(36,37)23-14-15-25(38-2)24(28)17-23)18-27(33)30-20-8-12-22(13-9-20)39(34,35)31-26-5-3-4-16-29-26/h3-17H,18H2,1-2H3,(H,29,31)(H,30,33). The van der Waals surface area contributed by atoms with E-state index in [0.29, 0.717) is 15.9 Å². The Bertz CT molecular complexity index is 1720.